The molecule has 0 fully saturated rings. The molecule has 21 heavy (non-hydrogen) atoms. The number of ketones is 1. The molecular formula is C15H14ClNNaO3. The van der Waals surface area contributed by atoms with Crippen molar-refractivity contribution in [2.24, 2.45) is 7.05 Å². The summed E-state index contributed by atoms with van der Waals surface area (Å²) >= 11 is 5.74. The number of carboxylic acids is 1. The molecule has 2 aromatic rings. The van der Waals surface area contributed by atoms with Gasteiger partial charge in [0.25, 0.3) is 0 Å². The van der Waals surface area contributed by atoms with E-state index in [0.717, 1.165) is 0 Å². The second kappa shape index (κ2) is 7.27. The van der Waals surface area contributed by atoms with Gasteiger partial charge in [-0.1, -0.05) is 11.6 Å². The van der Waals surface area contributed by atoms with Crippen molar-refractivity contribution in [3.05, 3.63) is 57.8 Å². The van der Waals surface area contributed by atoms with Gasteiger partial charge in [0.2, 0.25) is 5.78 Å². The fourth-order valence-corrected chi connectivity index (χ4v) is 2.10. The van der Waals surface area contributed by atoms with E-state index in [1.807, 2.05) is 0 Å². The maximum Gasteiger partial charge on any atom is 0.309 e. The third-order valence-corrected chi connectivity index (χ3v) is 3.08. The number of rotatable bonds is 4. The van der Waals surface area contributed by atoms with Crippen molar-refractivity contribution in [3.8, 4) is 0 Å². The number of benzene rings is 1. The Kier molecular flexibility index (Phi) is 4.32. The van der Waals surface area contributed by atoms with Crippen LogP contribution < -0.4 is 0 Å². The van der Waals surface area contributed by atoms with Gasteiger partial charge in [-0.15, -0.1) is 0 Å². The molecule has 0 aliphatic rings. The Labute approximate surface area is 155 Å². The molecule has 105 valence electrons. The fraction of sp³-hybridized carbons (Fsp3) is 0.200. The second-order valence-corrected chi connectivity index (χ2v) is 4.69. The molecule has 0 amide bonds. The zero-order valence-corrected chi connectivity index (χ0v) is 14.6. The topological polar surface area (TPSA) is 59.3 Å². The van der Waals surface area contributed by atoms with Crippen LogP contribution in [0.5, 0.6) is 0 Å². The number of hydrogen-bond acceptors (Lipinski definition) is 2. The monoisotopic (exact) mass is 318 g/mol. The molecule has 0 unspecified atom stereocenters. The van der Waals surface area contributed by atoms with Crippen molar-refractivity contribution in [3.63, 3.8) is 0 Å². The molecule has 0 bridgehead atoms. The van der Waals surface area contributed by atoms with Crippen LogP contribution in [0.2, 0.25) is 5.02 Å². The third-order valence-electron chi connectivity index (χ3n) is 2.89. The smallest absolute Gasteiger partial charge is 0.309 e. The predicted octanol–water partition coefficient (Wildman–Crippen LogP) is 2.46. The molecule has 1 aromatic carbocycles. The van der Waals surface area contributed by atoms with Gasteiger partial charge < -0.3 is 9.67 Å². The standard InChI is InChI=1S/C15H14ClNO3.Na/c1-9-7-12(8-13(18)19)17(2)14(9)15(20)10-3-5-11(16)6-4-10;/h3-7H,8H2,1-2H3,(H,18,19);/i3D,4D,5D,6D;. The van der Waals surface area contributed by atoms with Crippen molar-refractivity contribution < 1.29 is 20.2 Å². The number of aryl methyl sites for hydroxylation is 1. The number of carbonyl (C=O) groups excluding carboxylic acids is 1. The van der Waals surface area contributed by atoms with E-state index < -0.39 is 35.9 Å². The normalized spacial score (nSPS) is 12.7. The van der Waals surface area contributed by atoms with E-state index in [2.05, 4.69) is 0 Å². The molecule has 6 heteroatoms. The van der Waals surface area contributed by atoms with Gasteiger partial charge >= 0.3 is 5.97 Å². The number of aliphatic carboxylic acids is 1. The molecule has 2 rings (SSSR count). The van der Waals surface area contributed by atoms with Crippen molar-refractivity contribution in [1.29, 1.82) is 0 Å². The molecule has 1 N–H and O–H groups in total. The zero-order valence-electron chi connectivity index (χ0n) is 15.9. The number of nitrogens with zero attached hydrogens (tertiary/aromatic N) is 1. The Bertz CT molecular complexity index is 853. The molecule has 1 heterocycles. The van der Waals surface area contributed by atoms with E-state index in [-0.39, 0.29) is 52.3 Å². The van der Waals surface area contributed by atoms with Crippen molar-refractivity contribution in [2.45, 2.75) is 13.3 Å². The Morgan fingerprint density at radius 1 is 1.33 bits per heavy atom. The molecule has 0 aliphatic carbocycles. The van der Waals surface area contributed by atoms with Gasteiger partial charge in [-0.05, 0) is 42.7 Å². The number of halogens is 1. The quantitative estimate of drug-likeness (QED) is 0.696. The number of carboxylic acid groups (broad SMARTS) is 1. The molecule has 1 radical (unpaired) electrons. The van der Waals surface area contributed by atoms with Crippen LogP contribution in [0.4, 0.5) is 0 Å². The Morgan fingerprint density at radius 3 is 2.43 bits per heavy atom. The average molecular weight is 319 g/mol. The van der Waals surface area contributed by atoms with Crippen LogP contribution in [0.25, 0.3) is 0 Å². The van der Waals surface area contributed by atoms with Crippen LogP contribution in [0.1, 0.15) is 32.8 Å². The minimum Gasteiger partial charge on any atom is -0.481 e. The van der Waals surface area contributed by atoms with Crippen molar-refractivity contribution in [2.75, 3.05) is 0 Å². The summed E-state index contributed by atoms with van der Waals surface area (Å²) in [6, 6.07) is -0.469. The van der Waals surface area contributed by atoms with Crippen molar-refractivity contribution in [1.82, 2.24) is 4.57 Å². The first-order valence-corrected chi connectivity index (χ1v) is 6.13. The SMILES string of the molecule is [2H]c1c([2H])c(C(=O)c2c(C)cc(CC(=O)O)n2C)c([2H])c([2H])c1Cl.[Na]. The number of hydrogen-bond donors (Lipinski definition) is 1. The minimum atomic E-state index is -1.05. The van der Waals surface area contributed by atoms with Gasteiger partial charge in [-0.3, -0.25) is 9.59 Å². The minimum absolute atomic E-state index is 0. The first-order valence-electron chi connectivity index (χ1n) is 7.75. The molecular weight excluding hydrogens is 301 g/mol. The van der Waals surface area contributed by atoms with Crippen LogP contribution in [0.3, 0.4) is 0 Å². The van der Waals surface area contributed by atoms with E-state index in [4.69, 9.17) is 22.2 Å². The molecule has 1 aromatic heterocycles. The van der Waals surface area contributed by atoms with Crippen molar-refractivity contribution >= 4 is 52.9 Å². The van der Waals surface area contributed by atoms with Crippen LogP contribution >= 0.6 is 11.6 Å². The van der Waals surface area contributed by atoms with E-state index in [1.165, 1.54) is 11.6 Å². The maximum atomic E-state index is 12.8. The zero-order chi connectivity index (χ0) is 18.3. The van der Waals surface area contributed by atoms with Crippen LogP contribution in [-0.2, 0) is 18.3 Å². The van der Waals surface area contributed by atoms with Gasteiger partial charge in [-0.25, -0.2) is 0 Å². The maximum absolute atomic E-state index is 12.8. The molecule has 0 spiro atoms. The Hall–Kier alpha value is -1.07. The second-order valence-electron chi connectivity index (χ2n) is 4.31. The van der Waals surface area contributed by atoms with E-state index in [9.17, 15) is 9.59 Å². The van der Waals surface area contributed by atoms with E-state index >= 15 is 0 Å². The van der Waals surface area contributed by atoms with E-state index in [0.29, 0.717) is 11.3 Å². The summed E-state index contributed by atoms with van der Waals surface area (Å²) in [5.74, 6) is -1.76. The predicted molar refractivity (Wildman–Crippen MR) is 82.1 cm³/mol. The fourth-order valence-electron chi connectivity index (χ4n) is 2.01. The number of aromatic nitrogens is 1. The summed E-state index contributed by atoms with van der Waals surface area (Å²) in [7, 11) is 1.52. The van der Waals surface area contributed by atoms with Gasteiger partial charge in [0, 0.05) is 52.9 Å². The van der Waals surface area contributed by atoms with Gasteiger partial charge in [-0.2, -0.15) is 0 Å². The van der Waals surface area contributed by atoms with Gasteiger partial charge in [0.15, 0.2) is 0 Å². The van der Waals surface area contributed by atoms with Crippen LogP contribution in [0.15, 0.2) is 30.2 Å². The largest absolute Gasteiger partial charge is 0.481 e. The summed E-state index contributed by atoms with van der Waals surface area (Å²) in [6.45, 7) is 1.62. The van der Waals surface area contributed by atoms with E-state index in [1.54, 1.807) is 13.0 Å². The Balaban J connectivity index is 0.00000312. The molecule has 0 aliphatic heterocycles. The van der Waals surface area contributed by atoms with Crippen LogP contribution in [-0.4, -0.2) is 51.0 Å². The number of carbonyl (C=O) groups is 2. The first-order chi connectivity index (χ1) is 11.1. The molecule has 4 nitrogen and oxygen atoms in total. The first kappa shape index (κ1) is 12.5. The average Bonchev–Trinajstić information content (AvgIpc) is 2.76. The summed E-state index contributed by atoms with van der Waals surface area (Å²) < 4.78 is 32.7. The van der Waals surface area contributed by atoms with Gasteiger partial charge in [0.05, 0.1) is 17.6 Å². The van der Waals surface area contributed by atoms with Gasteiger partial charge in [0.1, 0.15) is 0 Å². The molecule has 0 saturated carbocycles. The summed E-state index contributed by atoms with van der Waals surface area (Å²) in [4.78, 5) is 23.7. The molecule has 0 atom stereocenters. The summed E-state index contributed by atoms with van der Waals surface area (Å²) in [6.07, 6.45) is -0.278. The summed E-state index contributed by atoms with van der Waals surface area (Å²) in [5, 5.41) is 8.57. The Morgan fingerprint density at radius 2 is 1.90 bits per heavy atom. The molecule has 0 saturated heterocycles. The third kappa shape index (κ3) is 3.98. The van der Waals surface area contributed by atoms with Crippen LogP contribution in [0, 0.1) is 6.92 Å². The summed E-state index contributed by atoms with van der Waals surface area (Å²) in [5.41, 5.74) is 0.619.